The van der Waals surface area contributed by atoms with Crippen LogP contribution in [0.15, 0.2) is 40.9 Å². The summed E-state index contributed by atoms with van der Waals surface area (Å²) in [6.07, 6.45) is 0. The quantitative estimate of drug-likeness (QED) is 0.869. The van der Waals surface area contributed by atoms with Gasteiger partial charge in [-0.2, -0.15) is 0 Å². The van der Waals surface area contributed by atoms with Gasteiger partial charge in [-0.15, -0.1) is 0 Å². The first-order chi connectivity index (χ1) is 10.0. The minimum atomic E-state index is -0.263. The molecular weight excluding hydrogens is 358 g/mol. The lowest BCUT2D eigenvalue weighted by molar-refractivity contribution is 0.102. The number of benzene rings is 2. The number of anilines is 1. The van der Waals surface area contributed by atoms with Crippen molar-refractivity contribution in [2.75, 3.05) is 19.5 Å². The molecule has 1 amide bonds. The molecule has 0 saturated carbocycles. The molecule has 2 aromatic rings. The van der Waals surface area contributed by atoms with E-state index < -0.39 is 0 Å². The Balaban J connectivity index is 2.28. The SMILES string of the molecule is COc1cc(C(=O)Nc2ccc(Cl)cc2)cc(OC)c1Br. The number of amides is 1. The van der Waals surface area contributed by atoms with Gasteiger partial charge in [0.05, 0.1) is 14.2 Å². The minimum absolute atomic E-state index is 0.263. The second kappa shape index (κ2) is 6.83. The Kier molecular flexibility index (Phi) is 5.09. The molecule has 0 bridgehead atoms. The summed E-state index contributed by atoms with van der Waals surface area (Å²) in [6.45, 7) is 0. The first-order valence-corrected chi connectivity index (χ1v) is 7.20. The third-order valence-corrected chi connectivity index (χ3v) is 3.84. The van der Waals surface area contributed by atoms with Crippen LogP contribution in [0, 0.1) is 0 Å². The van der Waals surface area contributed by atoms with Gasteiger partial charge in [0.25, 0.3) is 5.91 Å². The molecule has 0 aliphatic heterocycles. The van der Waals surface area contributed by atoms with E-state index in [0.717, 1.165) is 0 Å². The fourth-order valence-electron chi connectivity index (χ4n) is 1.74. The van der Waals surface area contributed by atoms with Crippen LogP contribution in [0.3, 0.4) is 0 Å². The Bertz CT molecular complexity index is 633. The van der Waals surface area contributed by atoms with Gasteiger partial charge in [0.1, 0.15) is 16.0 Å². The lowest BCUT2D eigenvalue weighted by Gasteiger charge is -2.11. The van der Waals surface area contributed by atoms with Crippen LogP contribution in [-0.2, 0) is 0 Å². The zero-order valence-corrected chi connectivity index (χ0v) is 13.8. The lowest BCUT2D eigenvalue weighted by Crippen LogP contribution is -2.12. The third-order valence-electron chi connectivity index (χ3n) is 2.81. The van der Waals surface area contributed by atoms with E-state index in [9.17, 15) is 4.79 Å². The summed E-state index contributed by atoms with van der Waals surface area (Å²) in [6, 6.07) is 10.1. The van der Waals surface area contributed by atoms with E-state index in [1.165, 1.54) is 14.2 Å². The fourth-order valence-corrected chi connectivity index (χ4v) is 2.42. The molecule has 0 radical (unpaired) electrons. The molecule has 110 valence electrons. The smallest absolute Gasteiger partial charge is 0.255 e. The highest BCUT2D eigenvalue weighted by Gasteiger charge is 2.14. The maximum absolute atomic E-state index is 12.3. The summed E-state index contributed by atoms with van der Waals surface area (Å²) in [5.41, 5.74) is 1.09. The first kappa shape index (κ1) is 15.7. The van der Waals surface area contributed by atoms with E-state index >= 15 is 0 Å². The van der Waals surface area contributed by atoms with Gasteiger partial charge in [0, 0.05) is 16.3 Å². The summed E-state index contributed by atoms with van der Waals surface area (Å²) >= 11 is 9.17. The molecule has 0 aromatic heterocycles. The molecule has 4 nitrogen and oxygen atoms in total. The number of hydrogen-bond donors (Lipinski definition) is 1. The topological polar surface area (TPSA) is 47.6 Å². The summed E-state index contributed by atoms with van der Waals surface area (Å²) < 4.78 is 11.1. The monoisotopic (exact) mass is 369 g/mol. The molecule has 0 aliphatic carbocycles. The molecule has 0 aliphatic rings. The number of nitrogens with one attached hydrogen (secondary N) is 1. The zero-order valence-electron chi connectivity index (χ0n) is 11.4. The van der Waals surface area contributed by atoms with Crippen molar-refractivity contribution < 1.29 is 14.3 Å². The molecule has 0 fully saturated rings. The van der Waals surface area contributed by atoms with E-state index in [2.05, 4.69) is 21.2 Å². The van der Waals surface area contributed by atoms with Crippen LogP contribution >= 0.6 is 27.5 Å². The van der Waals surface area contributed by atoms with Gasteiger partial charge in [-0.3, -0.25) is 4.79 Å². The van der Waals surface area contributed by atoms with Crippen LogP contribution < -0.4 is 14.8 Å². The maximum atomic E-state index is 12.3. The summed E-state index contributed by atoms with van der Waals surface area (Å²) in [5.74, 6) is 0.785. The highest BCUT2D eigenvalue weighted by Crippen LogP contribution is 2.35. The van der Waals surface area contributed by atoms with E-state index in [4.69, 9.17) is 21.1 Å². The molecule has 0 atom stereocenters. The Morgan fingerprint density at radius 1 is 1.10 bits per heavy atom. The van der Waals surface area contributed by atoms with Crippen LogP contribution in [0.1, 0.15) is 10.4 Å². The predicted molar refractivity (Wildman–Crippen MR) is 86.7 cm³/mol. The predicted octanol–water partition coefficient (Wildman–Crippen LogP) is 4.37. The van der Waals surface area contributed by atoms with Crippen LogP contribution in [0.5, 0.6) is 11.5 Å². The van der Waals surface area contributed by atoms with Crippen molar-refractivity contribution in [1.82, 2.24) is 0 Å². The largest absolute Gasteiger partial charge is 0.495 e. The van der Waals surface area contributed by atoms with Crippen molar-refractivity contribution in [1.29, 1.82) is 0 Å². The van der Waals surface area contributed by atoms with Crippen molar-refractivity contribution in [3.63, 3.8) is 0 Å². The van der Waals surface area contributed by atoms with Gasteiger partial charge in [-0.1, -0.05) is 11.6 Å². The molecule has 0 saturated heterocycles. The normalized spacial score (nSPS) is 10.1. The summed E-state index contributed by atoms with van der Waals surface area (Å²) in [4.78, 5) is 12.3. The number of carbonyl (C=O) groups excluding carboxylic acids is 1. The van der Waals surface area contributed by atoms with Crippen LogP contribution in [-0.4, -0.2) is 20.1 Å². The number of ether oxygens (including phenoxy) is 2. The second-order valence-electron chi connectivity index (χ2n) is 4.16. The molecule has 0 spiro atoms. The summed E-state index contributed by atoms with van der Waals surface area (Å²) in [7, 11) is 3.06. The molecule has 2 rings (SSSR count). The number of carbonyl (C=O) groups is 1. The number of methoxy groups -OCH3 is 2. The fraction of sp³-hybridized carbons (Fsp3) is 0.133. The Morgan fingerprint density at radius 3 is 2.10 bits per heavy atom. The Labute approximate surface area is 136 Å². The van der Waals surface area contributed by atoms with Gasteiger partial charge >= 0.3 is 0 Å². The van der Waals surface area contributed by atoms with Gasteiger partial charge in [0.15, 0.2) is 0 Å². The van der Waals surface area contributed by atoms with Gasteiger partial charge in [-0.25, -0.2) is 0 Å². The minimum Gasteiger partial charge on any atom is -0.495 e. The van der Waals surface area contributed by atoms with E-state index in [1.807, 2.05) is 0 Å². The van der Waals surface area contributed by atoms with E-state index in [1.54, 1.807) is 36.4 Å². The van der Waals surface area contributed by atoms with Crippen molar-refractivity contribution >= 4 is 39.1 Å². The molecule has 6 heteroatoms. The van der Waals surface area contributed by atoms with Crippen LogP contribution in [0.25, 0.3) is 0 Å². The zero-order chi connectivity index (χ0) is 15.4. The average Bonchev–Trinajstić information content (AvgIpc) is 2.49. The van der Waals surface area contributed by atoms with Crippen molar-refractivity contribution in [3.05, 3.63) is 51.5 Å². The van der Waals surface area contributed by atoms with Crippen molar-refractivity contribution in [2.24, 2.45) is 0 Å². The molecular formula is C15H13BrClNO3. The lowest BCUT2D eigenvalue weighted by atomic mass is 10.1. The number of rotatable bonds is 4. The van der Waals surface area contributed by atoms with Crippen LogP contribution in [0.2, 0.25) is 5.02 Å². The molecule has 0 heterocycles. The highest BCUT2D eigenvalue weighted by atomic mass is 79.9. The Hall–Kier alpha value is -1.72. The van der Waals surface area contributed by atoms with Crippen molar-refractivity contribution in [2.45, 2.75) is 0 Å². The van der Waals surface area contributed by atoms with E-state index in [-0.39, 0.29) is 5.91 Å². The molecule has 1 N–H and O–H groups in total. The van der Waals surface area contributed by atoms with Gasteiger partial charge < -0.3 is 14.8 Å². The first-order valence-electron chi connectivity index (χ1n) is 6.03. The Morgan fingerprint density at radius 2 is 1.62 bits per heavy atom. The standard InChI is InChI=1S/C15H13BrClNO3/c1-20-12-7-9(8-13(21-2)14(12)16)15(19)18-11-5-3-10(17)4-6-11/h3-8H,1-2H3,(H,18,19). The number of halogens is 2. The highest BCUT2D eigenvalue weighted by molar-refractivity contribution is 9.10. The second-order valence-corrected chi connectivity index (χ2v) is 5.39. The van der Waals surface area contributed by atoms with Gasteiger partial charge in [-0.05, 0) is 52.3 Å². The number of hydrogen-bond acceptors (Lipinski definition) is 3. The van der Waals surface area contributed by atoms with Crippen molar-refractivity contribution in [3.8, 4) is 11.5 Å². The average molecular weight is 371 g/mol. The van der Waals surface area contributed by atoms with E-state index in [0.29, 0.717) is 32.2 Å². The molecule has 21 heavy (non-hydrogen) atoms. The summed E-state index contributed by atoms with van der Waals surface area (Å²) in [5, 5.41) is 3.39. The van der Waals surface area contributed by atoms with Gasteiger partial charge in [0.2, 0.25) is 0 Å². The maximum Gasteiger partial charge on any atom is 0.255 e. The molecule has 2 aromatic carbocycles. The van der Waals surface area contributed by atoms with Crippen LogP contribution in [0.4, 0.5) is 5.69 Å². The third kappa shape index (κ3) is 3.68. The molecule has 0 unspecified atom stereocenters.